The Morgan fingerprint density at radius 2 is 2.08 bits per heavy atom. The minimum atomic E-state index is 0.306. The van der Waals surface area contributed by atoms with Gasteiger partial charge >= 0.3 is 0 Å². The van der Waals surface area contributed by atoms with E-state index in [1.54, 1.807) is 11.3 Å². The van der Waals surface area contributed by atoms with Crippen molar-refractivity contribution in [2.24, 2.45) is 0 Å². The van der Waals surface area contributed by atoms with Crippen LogP contribution < -0.4 is 10.1 Å². The molecule has 5 nitrogen and oxygen atoms in total. The fourth-order valence-corrected chi connectivity index (χ4v) is 2.91. The van der Waals surface area contributed by atoms with Crippen LogP contribution in [0.3, 0.4) is 0 Å². The van der Waals surface area contributed by atoms with Gasteiger partial charge in [0.2, 0.25) is 0 Å². The highest BCUT2D eigenvalue weighted by Gasteiger charge is 2.13. The average Bonchev–Trinajstić information content (AvgIpc) is 3.31. The molecule has 6 heteroatoms. The number of nitrogens with zero attached hydrogens (tertiary/aromatic N) is 3. The van der Waals surface area contributed by atoms with E-state index in [2.05, 4.69) is 41.4 Å². The van der Waals surface area contributed by atoms with Gasteiger partial charge in [0.15, 0.2) is 0 Å². The number of rotatable bonds is 8. The van der Waals surface area contributed by atoms with E-state index in [0.29, 0.717) is 18.7 Å². The second kappa shape index (κ2) is 8.08. The molecule has 0 spiro atoms. The number of ether oxygens (including phenoxy) is 1. The van der Waals surface area contributed by atoms with Crippen molar-refractivity contribution in [1.29, 1.82) is 0 Å². The van der Waals surface area contributed by atoms with E-state index < -0.39 is 0 Å². The molecule has 0 aliphatic carbocycles. The Balaban J connectivity index is 1.47. The monoisotopic (exact) mass is 342 g/mol. The molecule has 0 amide bonds. The molecule has 2 atom stereocenters. The number of hydrogen-bond acceptors (Lipinski definition) is 5. The second-order valence-electron chi connectivity index (χ2n) is 5.81. The summed E-state index contributed by atoms with van der Waals surface area (Å²) >= 11 is 1.58. The van der Waals surface area contributed by atoms with Crippen LogP contribution in [-0.2, 0) is 13.2 Å². The summed E-state index contributed by atoms with van der Waals surface area (Å²) in [4.78, 5) is 4.21. The molecule has 126 valence electrons. The van der Waals surface area contributed by atoms with Gasteiger partial charge in [0, 0.05) is 30.4 Å². The quantitative estimate of drug-likeness (QED) is 0.679. The highest BCUT2D eigenvalue weighted by molar-refractivity contribution is 7.07. The molecule has 0 radical (unpaired) electrons. The number of thiazole rings is 1. The van der Waals surface area contributed by atoms with Crippen LogP contribution in [0.5, 0.6) is 5.75 Å². The first kappa shape index (κ1) is 16.7. The van der Waals surface area contributed by atoms with Crippen molar-refractivity contribution in [2.45, 2.75) is 39.1 Å². The zero-order valence-electron chi connectivity index (χ0n) is 13.9. The molecule has 0 bridgehead atoms. The molecule has 24 heavy (non-hydrogen) atoms. The van der Waals surface area contributed by atoms with Crippen LogP contribution in [-0.4, -0.2) is 20.8 Å². The van der Waals surface area contributed by atoms with Crippen LogP contribution in [0.4, 0.5) is 0 Å². The first-order valence-electron chi connectivity index (χ1n) is 8.03. The van der Waals surface area contributed by atoms with E-state index in [4.69, 9.17) is 4.74 Å². The molecule has 2 aromatic heterocycles. The van der Waals surface area contributed by atoms with E-state index in [9.17, 15) is 0 Å². The third kappa shape index (κ3) is 4.43. The first-order chi connectivity index (χ1) is 11.7. The summed E-state index contributed by atoms with van der Waals surface area (Å²) in [5, 5.41) is 9.85. The van der Waals surface area contributed by atoms with Gasteiger partial charge in [-0.2, -0.15) is 5.10 Å². The van der Waals surface area contributed by atoms with E-state index in [1.165, 1.54) is 5.56 Å². The minimum absolute atomic E-state index is 0.306. The molecular formula is C18H22N4OS. The Morgan fingerprint density at radius 3 is 2.75 bits per heavy atom. The van der Waals surface area contributed by atoms with Crippen LogP contribution in [0.2, 0.25) is 0 Å². The SMILES string of the molecule is C[C@@H](NCc1ccc(OCc2cscn2)cc1)[C@H](C)n1cccn1. The van der Waals surface area contributed by atoms with Gasteiger partial charge in [-0.15, -0.1) is 11.3 Å². The fourth-order valence-electron chi connectivity index (χ4n) is 2.37. The Kier molecular flexibility index (Phi) is 5.61. The summed E-state index contributed by atoms with van der Waals surface area (Å²) in [6.45, 7) is 5.68. The minimum Gasteiger partial charge on any atom is -0.487 e. The Hall–Kier alpha value is -2.18. The molecule has 2 heterocycles. The summed E-state index contributed by atoms with van der Waals surface area (Å²) in [6, 6.07) is 10.8. The second-order valence-corrected chi connectivity index (χ2v) is 6.53. The summed E-state index contributed by atoms with van der Waals surface area (Å²) in [7, 11) is 0. The lowest BCUT2D eigenvalue weighted by Crippen LogP contribution is -2.33. The van der Waals surface area contributed by atoms with Crippen LogP contribution in [0.1, 0.15) is 31.1 Å². The smallest absolute Gasteiger partial charge is 0.131 e. The third-order valence-corrected chi connectivity index (χ3v) is 4.72. The highest BCUT2D eigenvalue weighted by Crippen LogP contribution is 2.15. The van der Waals surface area contributed by atoms with Crippen LogP contribution in [0.15, 0.2) is 53.6 Å². The van der Waals surface area contributed by atoms with E-state index in [-0.39, 0.29) is 0 Å². The first-order valence-corrected chi connectivity index (χ1v) is 8.98. The van der Waals surface area contributed by atoms with Gasteiger partial charge in [0.25, 0.3) is 0 Å². The van der Waals surface area contributed by atoms with Gasteiger partial charge in [0.1, 0.15) is 12.4 Å². The lowest BCUT2D eigenvalue weighted by Gasteiger charge is -2.22. The average molecular weight is 342 g/mol. The van der Waals surface area contributed by atoms with Crippen molar-refractivity contribution in [3.8, 4) is 5.75 Å². The maximum absolute atomic E-state index is 5.73. The van der Waals surface area contributed by atoms with Gasteiger partial charge in [0.05, 0.1) is 17.2 Å². The Labute approximate surface area is 146 Å². The predicted molar refractivity (Wildman–Crippen MR) is 96.1 cm³/mol. The summed E-state index contributed by atoms with van der Waals surface area (Å²) < 4.78 is 7.71. The molecule has 3 aromatic rings. The third-order valence-electron chi connectivity index (χ3n) is 4.09. The van der Waals surface area contributed by atoms with Gasteiger partial charge in [-0.25, -0.2) is 4.98 Å². The zero-order chi connectivity index (χ0) is 16.8. The van der Waals surface area contributed by atoms with Crippen LogP contribution in [0.25, 0.3) is 0 Å². The maximum Gasteiger partial charge on any atom is 0.131 e. The van der Waals surface area contributed by atoms with Crippen molar-refractivity contribution in [3.63, 3.8) is 0 Å². The topological polar surface area (TPSA) is 52.0 Å². The lowest BCUT2D eigenvalue weighted by molar-refractivity contribution is 0.302. The molecule has 0 aliphatic rings. The Morgan fingerprint density at radius 1 is 1.25 bits per heavy atom. The van der Waals surface area contributed by atoms with E-state index >= 15 is 0 Å². The number of aromatic nitrogens is 3. The summed E-state index contributed by atoms with van der Waals surface area (Å²) in [6.07, 6.45) is 3.81. The van der Waals surface area contributed by atoms with Gasteiger partial charge < -0.3 is 10.1 Å². The van der Waals surface area contributed by atoms with Crippen LogP contribution >= 0.6 is 11.3 Å². The molecule has 0 saturated heterocycles. The molecule has 0 saturated carbocycles. The van der Waals surface area contributed by atoms with Crippen LogP contribution in [0, 0.1) is 0 Å². The molecule has 0 unspecified atom stereocenters. The lowest BCUT2D eigenvalue weighted by atomic mass is 10.1. The molecule has 1 aromatic carbocycles. The summed E-state index contributed by atoms with van der Waals surface area (Å²) in [5.74, 6) is 0.865. The number of hydrogen-bond donors (Lipinski definition) is 1. The highest BCUT2D eigenvalue weighted by atomic mass is 32.1. The normalized spacial score (nSPS) is 13.6. The van der Waals surface area contributed by atoms with Crippen molar-refractivity contribution >= 4 is 11.3 Å². The number of nitrogens with one attached hydrogen (secondary N) is 1. The fraction of sp³-hybridized carbons (Fsp3) is 0.333. The van der Waals surface area contributed by atoms with Gasteiger partial charge in [-0.3, -0.25) is 4.68 Å². The van der Waals surface area contributed by atoms with Gasteiger partial charge in [-0.1, -0.05) is 12.1 Å². The molecule has 3 rings (SSSR count). The molecule has 1 N–H and O–H groups in total. The standard InChI is InChI=1S/C18H22N4OS/c1-14(15(2)22-9-3-8-21-22)19-10-16-4-6-18(7-5-16)23-11-17-12-24-13-20-17/h3-9,12-15,19H,10-11H2,1-2H3/t14-,15+/m1/s1. The Bertz CT molecular complexity index is 710. The van der Waals surface area contributed by atoms with Crippen molar-refractivity contribution in [3.05, 3.63) is 64.9 Å². The molecular weight excluding hydrogens is 320 g/mol. The molecule has 0 aliphatic heterocycles. The van der Waals surface area contributed by atoms with Gasteiger partial charge in [-0.05, 0) is 37.6 Å². The summed E-state index contributed by atoms with van der Waals surface area (Å²) in [5.41, 5.74) is 4.02. The number of benzene rings is 1. The van der Waals surface area contributed by atoms with Crippen molar-refractivity contribution < 1.29 is 4.74 Å². The zero-order valence-corrected chi connectivity index (χ0v) is 14.7. The van der Waals surface area contributed by atoms with Crippen molar-refractivity contribution in [2.75, 3.05) is 0 Å². The maximum atomic E-state index is 5.73. The molecule has 0 fully saturated rings. The van der Waals surface area contributed by atoms with E-state index in [0.717, 1.165) is 18.0 Å². The predicted octanol–water partition coefficient (Wildman–Crippen LogP) is 3.66. The largest absolute Gasteiger partial charge is 0.487 e. The van der Waals surface area contributed by atoms with E-state index in [1.807, 2.05) is 46.2 Å². The van der Waals surface area contributed by atoms with Crippen molar-refractivity contribution in [1.82, 2.24) is 20.1 Å².